The van der Waals surface area contributed by atoms with Gasteiger partial charge in [-0.25, -0.2) is 0 Å². The predicted octanol–water partition coefficient (Wildman–Crippen LogP) is 5.32. The Kier molecular flexibility index (Phi) is 4.99. The summed E-state index contributed by atoms with van der Waals surface area (Å²) < 4.78 is 11.4. The van der Waals surface area contributed by atoms with Crippen LogP contribution in [0, 0.1) is 0 Å². The van der Waals surface area contributed by atoms with Crippen LogP contribution in [0.2, 0.25) is 0 Å². The van der Waals surface area contributed by atoms with Crippen LogP contribution in [0.1, 0.15) is 43.4 Å². The van der Waals surface area contributed by atoms with E-state index < -0.39 is 0 Å². The number of ether oxygens (including phenoxy) is 2. The molecule has 1 unspecified atom stereocenters. The summed E-state index contributed by atoms with van der Waals surface area (Å²) in [5.41, 5.74) is 3.37. The van der Waals surface area contributed by atoms with Gasteiger partial charge in [-0.15, -0.1) is 0 Å². The van der Waals surface area contributed by atoms with E-state index in [1.165, 1.54) is 5.57 Å². The average molecular weight is 321 g/mol. The van der Waals surface area contributed by atoms with Crippen molar-refractivity contribution >= 4 is 5.76 Å². The second kappa shape index (κ2) is 7.35. The summed E-state index contributed by atoms with van der Waals surface area (Å²) in [4.78, 5) is 4.50. The Hall–Kier alpha value is -2.55. The van der Waals surface area contributed by atoms with Crippen LogP contribution in [0.15, 0.2) is 66.6 Å². The first-order valence-electron chi connectivity index (χ1n) is 8.28. The molecule has 0 bridgehead atoms. The van der Waals surface area contributed by atoms with Gasteiger partial charge in [0.1, 0.15) is 17.3 Å². The number of allylic oxidation sites excluding steroid dienone is 2. The Balaban J connectivity index is 1.74. The topological polar surface area (TPSA) is 31.4 Å². The van der Waals surface area contributed by atoms with Crippen LogP contribution >= 0.6 is 0 Å². The van der Waals surface area contributed by atoms with Gasteiger partial charge in [-0.1, -0.05) is 24.8 Å². The fraction of sp³-hybridized carbons (Fsp3) is 0.286. The molecule has 0 fully saturated rings. The third-order valence-corrected chi connectivity index (χ3v) is 4.52. The fourth-order valence-electron chi connectivity index (χ4n) is 3.03. The molecule has 0 radical (unpaired) electrons. The first kappa shape index (κ1) is 16.3. The van der Waals surface area contributed by atoms with Gasteiger partial charge in [-0.2, -0.15) is 0 Å². The summed E-state index contributed by atoms with van der Waals surface area (Å²) in [7, 11) is 1.66. The lowest BCUT2D eigenvalue weighted by molar-refractivity contribution is 0.324. The standard InChI is InChI=1S/C21H23NO2/c1-15-10-11-18(20-9-4-5-12-22-20)14-21(15)24-16(2)17-7-6-8-19(13-17)23-3/h4-9,12-13,18H,2,10-11,14H2,1,3H3. The van der Waals surface area contributed by atoms with Crippen LogP contribution in [0.4, 0.5) is 0 Å². The molecule has 0 saturated heterocycles. The number of pyridine rings is 1. The van der Waals surface area contributed by atoms with Crippen LogP contribution in [-0.2, 0) is 4.74 Å². The third-order valence-electron chi connectivity index (χ3n) is 4.52. The van der Waals surface area contributed by atoms with E-state index in [1.807, 2.05) is 42.6 Å². The third kappa shape index (κ3) is 3.67. The van der Waals surface area contributed by atoms with E-state index in [-0.39, 0.29) is 0 Å². The normalized spacial score (nSPS) is 17.5. The van der Waals surface area contributed by atoms with Gasteiger partial charge in [0, 0.05) is 29.8 Å². The van der Waals surface area contributed by atoms with Crippen molar-refractivity contribution in [2.45, 2.75) is 32.1 Å². The molecule has 0 N–H and O–H groups in total. The Morgan fingerprint density at radius 2 is 2.08 bits per heavy atom. The molecule has 24 heavy (non-hydrogen) atoms. The minimum Gasteiger partial charge on any atom is -0.497 e. The second-order valence-corrected chi connectivity index (χ2v) is 6.16. The number of nitrogens with zero attached hydrogens (tertiary/aromatic N) is 1. The molecule has 1 aromatic heterocycles. The van der Waals surface area contributed by atoms with E-state index in [0.717, 1.165) is 42.0 Å². The molecule has 0 amide bonds. The number of hydrogen-bond acceptors (Lipinski definition) is 3. The molecular formula is C21H23NO2. The van der Waals surface area contributed by atoms with Crippen molar-refractivity contribution in [3.8, 4) is 5.75 Å². The van der Waals surface area contributed by atoms with Gasteiger partial charge in [0.05, 0.1) is 7.11 Å². The van der Waals surface area contributed by atoms with E-state index in [0.29, 0.717) is 11.7 Å². The van der Waals surface area contributed by atoms with Gasteiger partial charge in [0.15, 0.2) is 0 Å². The monoisotopic (exact) mass is 321 g/mol. The van der Waals surface area contributed by atoms with Crippen molar-refractivity contribution < 1.29 is 9.47 Å². The summed E-state index contributed by atoms with van der Waals surface area (Å²) in [6.45, 7) is 6.24. The number of aromatic nitrogens is 1. The van der Waals surface area contributed by atoms with Crippen molar-refractivity contribution in [2.24, 2.45) is 0 Å². The highest BCUT2D eigenvalue weighted by molar-refractivity contribution is 5.60. The van der Waals surface area contributed by atoms with Crippen LogP contribution in [0.3, 0.4) is 0 Å². The Morgan fingerprint density at radius 3 is 2.83 bits per heavy atom. The minimum atomic E-state index is 0.406. The van der Waals surface area contributed by atoms with Crippen LogP contribution in [0.25, 0.3) is 5.76 Å². The molecule has 2 aromatic rings. The van der Waals surface area contributed by atoms with Crippen molar-refractivity contribution in [1.82, 2.24) is 4.98 Å². The first-order chi connectivity index (χ1) is 11.7. The zero-order chi connectivity index (χ0) is 16.9. The fourth-order valence-corrected chi connectivity index (χ4v) is 3.03. The van der Waals surface area contributed by atoms with Crippen LogP contribution in [-0.4, -0.2) is 12.1 Å². The molecule has 124 valence electrons. The van der Waals surface area contributed by atoms with E-state index in [4.69, 9.17) is 9.47 Å². The van der Waals surface area contributed by atoms with Crippen molar-refractivity contribution in [2.75, 3.05) is 7.11 Å². The summed E-state index contributed by atoms with van der Waals surface area (Å²) in [6.07, 6.45) is 4.87. The molecule has 3 heteroatoms. The summed E-state index contributed by atoms with van der Waals surface area (Å²) in [6, 6.07) is 13.9. The van der Waals surface area contributed by atoms with Gasteiger partial charge in [0.2, 0.25) is 0 Å². The van der Waals surface area contributed by atoms with E-state index in [2.05, 4.69) is 24.6 Å². The quantitative estimate of drug-likeness (QED) is 0.698. The van der Waals surface area contributed by atoms with Crippen molar-refractivity contribution in [3.63, 3.8) is 0 Å². The number of benzene rings is 1. The van der Waals surface area contributed by atoms with Gasteiger partial charge >= 0.3 is 0 Å². The first-order valence-corrected chi connectivity index (χ1v) is 8.28. The van der Waals surface area contributed by atoms with Crippen molar-refractivity contribution in [1.29, 1.82) is 0 Å². The molecule has 1 atom stereocenters. The summed E-state index contributed by atoms with van der Waals surface area (Å²) in [5.74, 6) is 2.88. The van der Waals surface area contributed by atoms with E-state index >= 15 is 0 Å². The molecule has 1 heterocycles. The molecule has 1 aliphatic carbocycles. The number of hydrogen-bond donors (Lipinski definition) is 0. The molecule has 1 aliphatic rings. The SMILES string of the molecule is C=C(OC1=C(C)CCC(c2ccccn2)C1)c1cccc(OC)c1. The maximum atomic E-state index is 6.14. The van der Waals surface area contributed by atoms with Gasteiger partial charge < -0.3 is 9.47 Å². The lowest BCUT2D eigenvalue weighted by Gasteiger charge is -2.26. The van der Waals surface area contributed by atoms with E-state index in [9.17, 15) is 0 Å². The van der Waals surface area contributed by atoms with E-state index in [1.54, 1.807) is 7.11 Å². The van der Waals surface area contributed by atoms with Crippen molar-refractivity contribution in [3.05, 3.63) is 77.8 Å². The maximum absolute atomic E-state index is 6.14. The second-order valence-electron chi connectivity index (χ2n) is 6.16. The van der Waals surface area contributed by atoms with Gasteiger partial charge in [-0.3, -0.25) is 4.98 Å². The predicted molar refractivity (Wildman–Crippen MR) is 96.6 cm³/mol. The lowest BCUT2D eigenvalue weighted by Crippen LogP contribution is -2.11. The lowest BCUT2D eigenvalue weighted by atomic mass is 9.86. The Morgan fingerprint density at radius 1 is 1.21 bits per heavy atom. The number of methoxy groups -OCH3 is 1. The largest absolute Gasteiger partial charge is 0.497 e. The molecule has 0 saturated carbocycles. The Labute approximate surface area is 143 Å². The van der Waals surface area contributed by atoms with Gasteiger partial charge in [0.25, 0.3) is 0 Å². The molecule has 3 rings (SSSR count). The summed E-state index contributed by atoms with van der Waals surface area (Å²) >= 11 is 0. The molecule has 3 nitrogen and oxygen atoms in total. The smallest absolute Gasteiger partial charge is 0.127 e. The highest BCUT2D eigenvalue weighted by Gasteiger charge is 2.23. The van der Waals surface area contributed by atoms with Crippen LogP contribution in [0.5, 0.6) is 5.75 Å². The molecule has 1 aromatic carbocycles. The molecule has 0 aliphatic heterocycles. The zero-order valence-electron chi connectivity index (χ0n) is 14.3. The molecular weight excluding hydrogens is 298 g/mol. The van der Waals surface area contributed by atoms with Crippen LogP contribution < -0.4 is 4.74 Å². The molecule has 0 spiro atoms. The Bertz CT molecular complexity index is 749. The zero-order valence-corrected chi connectivity index (χ0v) is 14.3. The summed E-state index contributed by atoms with van der Waals surface area (Å²) in [5, 5.41) is 0. The average Bonchev–Trinajstić information content (AvgIpc) is 2.64. The maximum Gasteiger partial charge on any atom is 0.127 e. The number of rotatable bonds is 5. The minimum absolute atomic E-state index is 0.406. The van der Waals surface area contributed by atoms with Gasteiger partial charge in [-0.05, 0) is 49.6 Å². The highest BCUT2D eigenvalue weighted by Crippen LogP contribution is 2.37. The highest BCUT2D eigenvalue weighted by atomic mass is 16.5.